The van der Waals surface area contributed by atoms with Crippen LogP contribution in [0.4, 0.5) is 0 Å². The van der Waals surface area contributed by atoms with E-state index in [4.69, 9.17) is 37.8 Å². The average Bonchev–Trinajstić information content (AvgIpc) is 2.50. The smallest absolute Gasteiger partial charge is 0.311 e. The Labute approximate surface area is 143 Å². The van der Waals surface area contributed by atoms with Crippen LogP contribution in [-0.2, 0) is 9.53 Å². The molecule has 0 aromatic heterocycles. The molecule has 1 aliphatic rings. The number of nitrogens with zero attached hydrogens (tertiary/aromatic N) is 1. The lowest BCUT2D eigenvalue weighted by molar-refractivity contribution is -0.135. The van der Waals surface area contributed by atoms with E-state index >= 15 is 0 Å². The van der Waals surface area contributed by atoms with Crippen LogP contribution in [0.25, 0.3) is 0 Å². The van der Waals surface area contributed by atoms with Gasteiger partial charge in [-0.2, -0.15) is 0 Å². The quantitative estimate of drug-likeness (QED) is 0.593. The van der Waals surface area contributed by atoms with E-state index < -0.39 is 18.2 Å². The summed E-state index contributed by atoms with van der Waals surface area (Å²) in [5, 5.41) is 8.89. The standard InChI is InChI=1S/C15H17Cl2NO5/c16-10-1-2-12(15(17)14(10)11(19)9-13(20)21)23-8-5-18-3-6-22-7-4-18/h1-2H,3-9H2,(H,20,21). The van der Waals surface area contributed by atoms with E-state index in [0.717, 1.165) is 13.1 Å². The Morgan fingerprint density at radius 1 is 1.26 bits per heavy atom. The van der Waals surface area contributed by atoms with E-state index in [2.05, 4.69) is 4.90 Å². The SMILES string of the molecule is O=C(O)CC(=O)c1c(Cl)ccc(OCCN2CCOCC2)c1Cl. The summed E-state index contributed by atoms with van der Waals surface area (Å²) in [5.41, 5.74) is -0.0143. The van der Waals surface area contributed by atoms with Gasteiger partial charge in [0.1, 0.15) is 18.8 Å². The molecule has 0 amide bonds. The molecule has 0 radical (unpaired) electrons. The summed E-state index contributed by atoms with van der Waals surface area (Å²) in [6, 6.07) is 3.05. The third-order valence-electron chi connectivity index (χ3n) is 3.42. The largest absolute Gasteiger partial charge is 0.491 e. The van der Waals surface area contributed by atoms with Crippen LogP contribution < -0.4 is 4.74 Å². The second-order valence-corrected chi connectivity index (χ2v) is 5.82. The van der Waals surface area contributed by atoms with Crippen molar-refractivity contribution < 1.29 is 24.2 Å². The molecule has 1 N–H and O–H groups in total. The normalized spacial score (nSPS) is 15.4. The molecule has 6 nitrogen and oxygen atoms in total. The zero-order valence-electron chi connectivity index (χ0n) is 12.4. The van der Waals surface area contributed by atoms with Crippen molar-refractivity contribution in [3.05, 3.63) is 27.7 Å². The Balaban J connectivity index is 2.01. The Hall–Kier alpha value is -1.34. The number of carboxylic acids is 1. The lowest BCUT2D eigenvalue weighted by Gasteiger charge is -2.26. The topological polar surface area (TPSA) is 76.1 Å². The van der Waals surface area contributed by atoms with Crippen molar-refractivity contribution in [2.45, 2.75) is 6.42 Å². The first-order valence-corrected chi connectivity index (χ1v) is 7.90. The van der Waals surface area contributed by atoms with Crippen LogP contribution in [0, 0.1) is 0 Å². The number of carbonyl (C=O) groups excluding carboxylic acids is 1. The molecule has 8 heteroatoms. The number of morpholine rings is 1. The predicted octanol–water partition coefficient (Wildman–Crippen LogP) is 2.36. The lowest BCUT2D eigenvalue weighted by Crippen LogP contribution is -2.38. The Kier molecular flexibility index (Phi) is 6.65. The molecule has 23 heavy (non-hydrogen) atoms. The summed E-state index contributed by atoms with van der Waals surface area (Å²) in [7, 11) is 0. The third kappa shape index (κ3) is 5.07. The van der Waals surface area contributed by atoms with Crippen LogP contribution in [0.3, 0.4) is 0 Å². The molecule has 0 aliphatic carbocycles. The van der Waals surface area contributed by atoms with Gasteiger partial charge in [-0.3, -0.25) is 14.5 Å². The molecule has 1 aromatic carbocycles. The van der Waals surface area contributed by atoms with Gasteiger partial charge in [-0.15, -0.1) is 0 Å². The van der Waals surface area contributed by atoms with Gasteiger partial charge < -0.3 is 14.6 Å². The first-order chi connectivity index (χ1) is 11.0. The second-order valence-electron chi connectivity index (χ2n) is 5.03. The third-order valence-corrected chi connectivity index (χ3v) is 4.11. The van der Waals surface area contributed by atoms with E-state index in [9.17, 15) is 9.59 Å². The van der Waals surface area contributed by atoms with Gasteiger partial charge in [-0.05, 0) is 12.1 Å². The minimum atomic E-state index is -1.24. The number of ketones is 1. The van der Waals surface area contributed by atoms with E-state index in [0.29, 0.717) is 32.1 Å². The van der Waals surface area contributed by atoms with E-state index in [1.54, 1.807) is 6.07 Å². The summed E-state index contributed by atoms with van der Waals surface area (Å²) in [6.45, 7) is 4.21. The molecule has 1 saturated heterocycles. The molecule has 1 heterocycles. The van der Waals surface area contributed by atoms with Gasteiger partial charge in [0, 0.05) is 19.6 Å². The highest BCUT2D eigenvalue weighted by atomic mass is 35.5. The van der Waals surface area contributed by atoms with Crippen molar-refractivity contribution in [2.24, 2.45) is 0 Å². The molecule has 0 bridgehead atoms. The Bertz CT molecular complexity index is 587. The molecule has 1 fully saturated rings. The highest BCUT2D eigenvalue weighted by Gasteiger charge is 2.21. The van der Waals surface area contributed by atoms with Crippen LogP contribution in [0.15, 0.2) is 12.1 Å². The maximum Gasteiger partial charge on any atom is 0.311 e. The average molecular weight is 362 g/mol. The minimum Gasteiger partial charge on any atom is -0.491 e. The summed E-state index contributed by atoms with van der Waals surface area (Å²) in [5.74, 6) is -1.56. The molecule has 126 valence electrons. The van der Waals surface area contributed by atoms with Crippen LogP contribution in [0.1, 0.15) is 16.8 Å². The van der Waals surface area contributed by atoms with Gasteiger partial charge in [-0.25, -0.2) is 0 Å². The molecule has 0 atom stereocenters. The maximum atomic E-state index is 11.9. The molecular formula is C15H17Cl2NO5. The summed E-state index contributed by atoms with van der Waals surface area (Å²) in [4.78, 5) is 24.8. The summed E-state index contributed by atoms with van der Waals surface area (Å²) in [6.07, 6.45) is -0.670. The van der Waals surface area contributed by atoms with Crippen molar-refractivity contribution in [2.75, 3.05) is 39.5 Å². The van der Waals surface area contributed by atoms with E-state index in [-0.39, 0.29) is 15.6 Å². The maximum absolute atomic E-state index is 11.9. The number of carbonyl (C=O) groups is 2. The van der Waals surface area contributed by atoms with Gasteiger partial charge in [0.05, 0.1) is 28.8 Å². The Morgan fingerprint density at radius 2 is 1.96 bits per heavy atom. The number of hydrogen-bond acceptors (Lipinski definition) is 5. The van der Waals surface area contributed by atoms with Crippen LogP contribution in [-0.4, -0.2) is 61.2 Å². The molecule has 0 saturated carbocycles. The summed E-state index contributed by atoms with van der Waals surface area (Å²) < 4.78 is 10.9. The summed E-state index contributed by atoms with van der Waals surface area (Å²) >= 11 is 12.1. The first kappa shape index (κ1) is 18.0. The van der Waals surface area contributed by atoms with Crippen LogP contribution in [0.5, 0.6) is 5.75 Å². The molecule has 1 aromatic rings. The van der Waals surface area contributed by atoms with E-state index in [1.165, 1.54) is 6.07 Å². The fourth-order valence-corrected chi connectivity index (χ4v) is 2.87. The molecule has 1 aliphatic heterocycles. The number of rotatable bonds is 7. The van der Waals surface area contributed by atoms with Gasteiger partial charge >= 0.3 is 5.97 Å². The first-order valence-electron chi connectivity index (χ1n) is 7.15. The number of aliphatic carboxylic acids is 1. The molecule has 0 spiro atoms. The number of hydrogen-bond donors (Lipinski definition) is 1. The highest BCUT2D eigenvalue weighted by Crippen LogP contribution is 2.34. The zero-order chi connectivity index (χ0) is 16.8. The van der Waals surface area contributed by atoms with Gasteiger partial charge in [0.2, 0.25) is 0 Å². The number of halogens is 2. The lowest BCUT2D eigenvalue weighted by atomic mass is 10.1. The molecule has 0 unspecified atom stereocenters. The van der Waals surface area contributed by atoms with Crippen molar-refractivity contribution in [1.82, 2.24) is 4.90 Å². The predicted molar refractivity (Wildman–Crippen MR) is 85.8 cm³/mol. The minimum absolute atomic E-state index is 0.0143. The van der Waals surface area contributed by atoms with Gasteiger partial charge in [0.15, 0.2) is 5.78 Å². The number of benzene rings is 1. The second kappa shape index (κ2) is 8.49. The Morgan fingerprint density at radius 3 is 2.61 bits per heavy atom. The highest BCUT2D eigenvalue weighted by molar-refractivity contribution is 6.41. The fraction of sp³-hybridized carbons (Fsp3) is 0.467. The van der Waals surface area contributed by atoms with Crippen molar-refractivity contribution in [1.29, 1.82) is 0 Å². The van der Waals surface area contributed by atoms with Crippen LogP contribution in [0.2, 0.25) is 10.0 Å². The number of carboxylic acid groups (broad SMARTS) is 1. The van der Waals surface area contributed by atoms with Crippen molar-refractivity contribution in [3.8, 4) is 5.75 Å². The number of Topliss-reactive ketones (excluding diaryl/α,β-unsaturated/α-hetero) is 1. The zero-order valence-corrected chi connectivity index (χ0v) is 13.9. The fourth-order valence-electron chi connectivity index (χ4n) is 2.24. The molecule has 2 rings (SSSR count). The van der Waals surface area contributed by atoms with Crippen LogP contribution >= 0.6 is 23.2 Å². The molecular weight excluding hydrogens is 345 g/mol. The van der Waals surface area contributed by atoms with Gasteiger partial charge in [-0.1, -0.05) is 23.2 Å². The van der Waals surface area contributed by atoms with Crippen molar-refractivity contribution >= 4 is 35.0 Å². The van der Waals surface area contributed by atoms with Gasteiger partial charge in [0.25, 0.3) is 0 Å². The number of ether oxygens (including phenoxy) is 2. The van der Waals surface area contributed by atoms with Crippen molar-refractivity contribution in [3.63, 3.8) is 0 Å². The monoisotopic (exact) mass is 361 g/mol. The van der Waals surface area contributed by atoms with E-state index in [1.807, 2.05) is 0 Å².